The molecule has 1 amide bonds. The summed E-state index contributed by atoms with van der Waals surface area (Å²) in [4.78, 5) is 24.0. The second kappa shape index (κ2) is 8.58. The van der Waals surface area contributed by atoms with Gasteiger partial charge in [0.05, 0.1) is 33.6 Å². The number of carbonyl (C=O) groups excluding carboxylic acids is 2. The van der Waals surface area contributed by atoms with Gasteiger partial charge in [-0.2, -0.15) is 10.1 Å². The minimum absolute atomic E-state index is 0.220. The second-order valence-corrected chi connectivity index (χ2v) is 7.14. The number of ether oxygens (including phenoxy) is 2. The maximum atomic E-state index is 12.8. The van der Waals surface area contributed by atoms with E-state index in [0.717, 1.165) is 0 Å². The van der Waals surface area contributed by atoms with Crippen molar-refractivity contribution in [2.45, 2.75) is 6.92 Å². The Hall–Kier alpha value is -2.64. The summed E-state index contributed by atoms with van der Waals surface area (Å²) in [7, 11) is 1.28. The fraction of sp³-hybridized carbons (Fsp3) is 0.150. The molecule has 1 aliphatic rings. The van der Waals surface area contributed by atoms with Crippen LogP contribution in [0.5, 0.6) is 5.75 Å². The van der Waals surface area contributed by atoms with E-state index in [1.54, 1.807) is 25.1 Å². The van der Waals surface area contributed by atoms with E-state index >= 15 is 0 Å². The van der Waals surface area contributed by atoms with Crippen molar-refractivity contribution in [2.24, 2.45) is 5.10 Å². The number of nitrogens with zero attached hydrogens (tertiary/aromatic N) is 2. The lowest BCUT2D eigenvalue weighted by molar-refractivity contribution is -0.142. The molecule has 8 heteroatoms. The molecule has 1 heterocycles. The molecule has 0 aliphatic carbocycles. The van der Waals surface area contributed by atoms with Crippen LogP contribution in [-0.4, -0.2) is 31.3 Å². The van der Waals surface area contributed by atoms with Crippen molar-refractivity contribution in [1.82, 2.24) is 0 Å². The van der Waals surface area contributed by atoms with Crippen molar-refractivity contribution in [3.8, 4) is 5.75 Å². The van der Waals surface area contributed by atoms with Crippen molar-refractivity contribution >= 4 is 56.9 Å². The van der Waals surface area contributed by atoms with E-state index in [2.05, 4.69) is 25.8 Å². The first kappa shape index (κ1) is 20.1. The molecule has 2 aromatic rings. The number of amides is 1. The first-order valence-corrected chi connectivity index (χ1v) is 9.43. The van der Waals surface area contributed by atoms with Gasteiger partial charge in [0.15, 0.2) is 12.4 Å². The maximum Gasteiger partial charge on any atom is 0.343 e. The Morgan fingerprint density at radius 2 is 2.00 bits per heavy atom. The maximum absolute atomic E-state index is 12.8. The summed E-state index contributed by atoms with van der Waals surface area (Å²) in [5.41, 5.74) is 2.46. The van der Waals surface area contributed by atoms with Gasteiger partial charge in [-0.05, 0) is 58.8 Å². The molecule has 0 spiro atoms. The van der Waals surface area contributed by atoms with Crippen LogP contribution >= 0.6 is 27.5 Å². The van der Waals surface area contributed by atoms with Crippen molar-refractivity contribution in [3.63, 3.8) is 0 Å². The van der Waals surface area contributed by atoms with Crippen LogP contribution in [0.3, 0.4) is 0 Å². The first-order valence-electron chi connectivity index (χ1n) is 8.26. The summed E-state index contributed by atoms with van der Waals surface area (Å²) in [6.45, 7) is 1.52. The molecule has 28 heavy (non-hydrogen) atoms. The van der Waals surface area contributed by atoms with Crippen molar-refractivity contribution in [2.75, 3.05) is 18.7 Å². The molecule has 0 atom stereocenters. The third kappa shape index (κ3) is 4.26. The summed E-state index contributed by atoms with van der Waals surface area (Å²) in [5, 5.41) is 6.01. The quantitative estimate of drug-likeness (QED) is 0.485. The average Bonchev–Trinajstić information content (AvgIpc) is 2.96. The molecule has 0 fully saturated rings. The summed E-state index contributed by atoms with van der Waals surface area (Å²) in [6.07, 6.45) is 1.71. The van der Waals surface area contributed by atoms with E-state index in [1.165, 1.54) is 12.1 Å². The minimum atomic E-state index is -0.515. The zero-order valence-corrected chi connectivity index (χ0v) is 17.5. The molecule has 0 radical (unpaired) electrons. The van der Waals surface area contributed by atoms with Gasteiger partial charge >= 0.3 is 5.97 Å². The number of para-hydroxylation sites is 1. The Balaban J connectivity index is 1.86. The standard InChI is InChI=1S/C20H16BrClN2O4/c1-12-15(20(26)24(23-12)14-6-4-3-5-7-14)8-13-9-16(21)19(17(22)10-13)28-11-18(25)27-2/h3-10H,11H2,1-2H3/b15-8+. The monoisotopic (exact) mass is 462 g/mol. The number of hydrogen-bond acceptors (Lipinski definition) is 5. The van der Waals surface area contributed by atoms with Crippen LogP contribution in [-0.2, 0) is 14.3 Å². The molecule has 0 unspecified atom stereocenters. The van der Waals surface area contributed by atoms with Crippen LogP contribution < -0.4 is 9.75 Å². The first-order chi connectivity index (χ1) is 13.4. The largest absolute Gasteiger partial charge is 0.479 e. The predicted octanol–water partition coefficient (Wildman–Crippen LogP) is 4.46. The van der Waals surface area contributed by atoms with E-state index in [0.29, 0.717) is 37.8 Å². The summed E-state index contributed by atoms with van der Waals surface area (Å²) in [6, 6.07) is 12.6. The van der Waals surface area contributed by atoms with Crippen LogP contribution in [0.15, 0.2) is 57.6 Å². The highest BCUT2D eigenvalue weighted by Crippen LogP contribution is 2.35. The average molecular weight is 464 g/mol. The Kier molecular flexibility index (Phi) is 6.16. The third-order valence-electron chi connectivity index (χ3n) is 3.96. The molecular weight excluding hydrogens is 448 g/mol. The zero-order valence-electron chi connectivity index (χ0n) is 15.1. The molecule has 1 aliphatic heterocycles. The van der Waals surface area contributed by atoms with Crippen LogP contribution in [0.2, 0.25) is 5.02 Å². The molecule has 0 saturated heterocycles. The fourth-order valence-corrected chi connectivity index (χ4v) is 3.57. The molecule has 3 rings (SSSR count). The number of halogens is 2. The van der Waals surface area contributed by atoms with Gasteiger partial charge in [-0.1, -0.05) is 29.8 Å². The van der Waals surface area contributed by atoms with Crippen molar-refractivity contribution < 1.29 is 19.1 Å². The number of benzene rings is 2. The van der Waals surface area contributed by atoms with Gasteiger partial charge in [-0.25, -0.2) is 4.79 Å². The van der Waals surface area contributed by atoms with E-state index in [1.807, 2.05) is 30.3 Å². The highest BCUT2D eigenvalue weighted by atomic mass is 79.9. The lowest BCUT2D eigenvalue weighted by Gasteiger charge is -2.12. The highest BCUT2D eigenvalue weighted by molar-refractivity contribution is 9.10. The van der Waals surface area contributed by atoms with Gasteiger partial charge in [0.25, 0.3) is 5.91 Å². The minimum Gasteiger partial charge on any atom is -0.479 e. The van der Waals surface area contributed by atoms with Gasteiger partial charge in [-0.15, -0.1) is 0 Å². The van der Waals surface area contributed by atoms with E-state index in [-0.39, 0.29) is 12.5 Å². The van der Waals surface area contributed by atoms with Gasteiger partial charge in [-0.3, -0.25) is 4.79 Å². The molecule has 0 N–H and O–H groups in total. The number of esters is 1. The van der Waals surface area contributed by atoms with Crippen LogP contribution in [0.4, 0.5) is 5.69 Å². The van der Waals surface area contributed by atoms with Crippen LogP contribution in [0.25, 0.3) is 6.08 Å². The van der Waals surface area contributed by atoms with E-state index in [4.69, 9.17) is 16.3 Å². The smallest absolute Gasteiger partial charge is 0.343 e. The van der Waals surface area contributed by atoms with Crippen LogP contribution in [0.1, 0.15) is 12.5 Å². The van der Waals surface area contributed by atoms with Crippen LogP contribution in [0, 0.1) is 0 Å². The van der Waals surface area contributed by atoms with Gasteiger partial charge < -0.3 is 9.47 Å². The summed E-state index contributed by atoms with van der Waals surface area (Å²) >= 11 is 9.66. The number of anilines is 1. The normalized spacial score (nSPS) is 15.0. The van der Waals surface area contributed by atoms with Crippen molar-refractivity contribution in [1.29, 1.82) is 0 Å². The molecule has 2 aromatic carbocycles. The molecule has 144 valence electrons. The Labute approximate surface area is 175 Å². The second-order valence-electron chi connectivity index (χ2n) is 5.87. The number of carbonyl (C=O) groups is 2. The van der Waals surface area contributed by atoms with E-state index < -0.39 is 5.97 Å². The van der Waals surface area contributed by atoms with E-state index in [9.17, 15) is 9.59 Å². The van der Waals surface area contributed by atoms with Gasteiger partial charge in [0.1, 0.15) is 0 Å². The number of hydrogen-bond donors (Lipinski definition) is 0. The molecule has 0 aromatic heterocycles. The molecule has 6 nitrogen and oxygen atoms in total. The lowest BCUT2D eigenvalue weighted by Crippen LogP contribution is -2.21. The Bertz CT molecular complexity index is 966. The molecular formula is C20H16BrClN2O4. The molecule has 0 saturated carbocycles. The van der Waals surface area contributed by atoms with Gasteiger partial charge in [0, 0.05) is 0 Å². The Morgan fingerprint density at radius 3 is 2.64 bits per heavy atom. The number of hydrazone groups is 1. The topological polar surface area (TPSA) is 68.2 Å². The number of rotatable bonds is 5. The summed E-state index contributed by atoms with van der Waals surface area (Å²) in [5.74, 6) is -0.413. The summed E-state index contributed by atoms with van der Waals surface area (Å²) < 4.78 is 10.5. The lowest BCUT2D eigenvalue weighted by atomic mass is 10.1. The third-order valence-corrected chi connectivity index (χ3v) is 4.83. The molecule has 0 bridgehead atoms. The Morgan fingerprint density at radius 1 is 1.29 bits per heavy atom. The van der Waals surface area contributed by atoms with Crippen molar-refractivity contribution in [3.05, 3.63) is 63.1 Å². The SMILES string of the molecule is COC(=O)COc1c(Cl)cc(/C=C2/C(=O)N(c3ccccc3)N=C2C)cc1Br. The number of methoxy groups -OCH3 is 1. The van der Waals surface area contributed by atoms with Gasteiger partial charge in [0.2, 0.25) is 0 Å². The highest BCUT2D eigenvalue weighted by Gasteiger charge is 2.28. The fourth-order valence-electron chi connectivity index (χ4n) is 2.59. The zero-order chi connectivity index (χ0) is 20.3. The predicted molar refractivity (Wildman–Crippen MR) is 112 cm³/mol.